The minimum Gasteiger partial charge on any atom is -0.504 e. The number of hydrogen-bond donors (Lipinski definition) is 1. The number of hydrogen-bond acceptors (Lipinski definition) is 8. The highest BCUT2D eigenvalue weighted by Crippen LogP contribution is 2.34. The van der Waals surface area contributed by atoms with Gasteiger partial charge in [0.15, 0.2) is 34.3 Å². The summed E-state index contributed by atoms with van der Waals surface area (Å²) in [6.07, 6.45) is 3.49. The molecule has 0 spiro atoms. The molecule has 4 heterocycles. The summed E-state index contributed by atoms with van der Waals surface area (Å²) in [7, 11) is 3.46. The van der Waals surface area contributed by atoms with Gasteiger partial charge >= 0.3 is 0 Å². The van der Waals surface area contributed by atoms with Crippen molar-refractivity contribution in [3.63, 3.8) is 0 Å². The third kappa shape index (κ3) is 3.42. The van der Waals surface area contributed by atoms with E-state index in [1.807, 2.05) is 23.7 Å². The molecule has 0 unspecified atom stereocenters. The molecule has 1 aliphatic rings. The van der Waals surface area contributed by atoms with E-state index in [1.165, 1.54) is 7.11 Å². The first-order valence-corrected chi connectivity index (χ1v) is 10.0. The van der Waals surface area contributed by atoms with E-state index in [0.29, 0.717) is 24.8 Å². The molecule has 1 fully saturated rings. The number of pyridine rings is 1. The molecule has 5 rings (SSSR count). The average Bonchev–Trinajstić information content (AvgIpc) is 3.16. The number of phenolic OH excluding ortho intramolecular Hbond substituents is 1. The van der Waals surface area contributed by atoms with Crippen molar-refractivity contribution in [3.05, 3.63) is 42.7 Å². The van der Waals surface area contributed by atoms with Crippen LogP contribution < -0.4 is 9.64 Å². The molecule has 0 aliphatic carbocycles. The van der Waals surface area contributed by atoms with Gasteiger partial charge in [-0.25, -0.2) is 15.0 Å². The maximum Gasteiger partial charge on any atom is 0.166 e. The molecule has 0 radical (unpaired) electrons. The third-order valence-electron chi connectivity index (χ3n) is 5.39. The molecule has 0 saturated carbocycles. The number of nitrogens with zero attached hydrogens (tertiary/aromatic N) is 6. The molecule has 9 heteroatoms. The summed E-state index contributed by atoms with van der Waals surface area (Å²) in [6, 6.07) is 8.95. The Labute approximate surface area is 178 Å². The standard InChI is InChI=1S/C22H22N6O3/c1-27-20(14-5-7-23-8-6-14)24-18-21(27)25-19(15-3-4-16(29)17(13-15)30-2)26-22(18)28-9-11-31-12-10-28/h3-8,13,29H,9-12H2,1-2H3. The van der Waals surface area contributed by atoms with Crippen molar-refractivity contribution >= 4 is 17.0 Å². The van der Waals surface area contributed by atoms with Crippen LogP contribution in [-0.2, 0) is 11.8 Å². The number of imidazole rings is 1. The monoisotopic (exact) mass is 418 g/mol. The molecule has 0 atom stereocenters. The predicted molar refractivity (Wildman–Crippen MR) is 116 cm³/mol. The minimum absolute atomic E-state index is 0.0706. The van der Waals surface area contributed by atoms with Crippen LogP contribution in [0.15, 0.2) is 42.7 Å². The molecule has 1 aliphatic heterocycles. The first-order valence-electron chi connectivity index (χ1n) is 10.0. The van der Waals surface area contributed by atoms with E-state index in [0.717, 1.165) is 47.0 Å². The van der Waals surface area contributed by atoms with Crippen LogP contribution in [0.4, 0.5) is 5.82 Å². The van der Waals surface area contributed by atoms with Crippen LogP contribution in [0, 0.1) is 0 Å². The van der Waals surface area contributed by atoms with E-state index in [1.54, 1.807) is 30.6 Å². The third-order valence-corrected chi connectivity index (χ3v) is 5.39. The van der Waals surface area contributed by atoms with E-state index in [4.69, 9.17) is 24.4 Å². The summed E-state index contributed by atoms with van der Waals surface area (Å²) in [6.45, 7) is 2.73. The smallest absolute Gasteiger partial charge is 0.166 e. The largest absolute Gasteiger partial charge is 0.504 e. The van der Waals surface area contributed by atoms with Crippen molar-refractivity contribution in [2.45, 2.75) is 0 Å². The molecule has 0 bridgehead atoms. The van der Waals surface area contributed by atoms with Crippen molar-refractivity contribution in [2.75, 3.05) is 38.3 Å². The average molecular weight is 418 g/mol. The van der Waals surface area contributed by atoms with Gasteiger partial charge in [0.2, 0.25) is 0 Å². The van der Waals surface area contributed by atoms with E-state index in [-0.39, 0.29) is 5.75 Å². The molecule has 9 nitrogen and oxygen atoms in total. The van der Waals surface area contributed by atoms with Crippen LogP contribution >= 0.6 is 0 Å². The van der Waals surface area contributed by atoms with Crippen molar-refractivity contribution in [2.24, 2.45) is 7.05 Å². The number of aromatic hydroxyl groups is 1. The van der Waals surface area contributed by atoms with Gasteiger partial charge in [0.05, 0.1) is 20.3 Å². The second kappa shape index (κ2) is 7.84. The fourth-order valence-electron chi connectivity index (χ4n) is 3.75. The summed E-state index contributed by atoms with van der Waals surface area (Å²) in [5.74, 6) is 2.54. The Kier molecular flexibility index (Phi) is 4.87. The Morgan fingerprint density at radius 1 is 1.00 bits per heavy atom. The number of morpholine rings is 1. The van der Waals surface area contributed by atoms with Gasteiger partial charge in [-0.15, -0.1) is 0 Å². The van der Waals surface area contributed by atoms with Gasteiger partial charge in [0, 0.05) is 43.7 Å². The Bertz CT molecular complexity index is 1240. The molecular formula is C22H22N6O3. The fourth-order valence-corrected chi connectivity index (χ4v) is 3.75. The molecule has 4 aromatic rings. The number of fused-ring (bicyclic) bond motifs is 1. The number of benzene rings is 1. The molecule has 31 heavy (non-hydrogen) atoms. The van der Waals surface area contributed by atoms with Gasteiger partial charge in [-0.3, -0.25) is 4.98 Å². The van der Waals surface area contributed by atoms with E-state index in [9.17, 15) is 5.11 Å². The SMILES string of the molecule is COc1cc(-c2nc(N3CCOCC3)c3nc(-c4ccncc4)n(C)c3n2)ccc1O. The number of anilines is 1. The first kappa shape index (κ1) is 19.3. The Morgan fingerprint density at radius 3 is 2.52 bits per heavy atom. The minimum atomic E-state index is 0.0706. The number of aryl methyl sites for hydroxylation is 1. The Morgan fingerprint density at radius 2 is 1.77 bits per heavy atom. The highest BCUT2D eigenvalue weighted by atomic mass is 16.5. The topological polar surface area (TPSA) is 98.4 Å². The lowest BCUT2D eigenvalue weighted by atomic mass is 10.2. The van der Waals surface area contributed by atoms with E-state index < -0.39 is 0 Å². The van der Waals surface area contributed by atoms with Crippen LogP contribution in [-0.4, -0.2) is 63.0 Å². The zero-order valence-corrected chi connectivity index (χ0v) is 17.3. The maximum absolute atomic E-state index is 9.98. The van der Waals surface area contributed by atoms with E-state index in [2.05, 4.69) is 9.88 Å². The van der Waals surface area contributed by atoms with Crippen LogP contribution in [0.25, 0.3) is 33.9 Å². The number of aromatic nitrogens is 5. The molecule has 158 valence electrons. The number of rotatable bonds is 4. The lowest BCUT2D eigenvalue weighted by Gasteiger charge is -2.28. The van der Waals surface area contributed by atoms with Crippen molar-refractivity contribution in [1.29, 1.82) is 0 Å². The zero-order valence-electron chi connectivity index (χ0n) is 17.3. The summed E-state index contributed by atoms with van der Waals surface area (Å²) in [5, 5.41) is 9.98. The van der Waals surface area contributed by atoms with Crippen LogP contribution in [0.2, 0.25) is 0 Å². The van der Waals surface area contributed by atoms with Crippen LogP contribution in [0.5, 0.6) is 11.5 Å². The number of ether oxygens (including phenoxy) is 2. The second-order valence-electron chi connectivity index (χ2n) is 7.26. The van der Waals surface area contributed by atoms with Gasteiger partial charge in [-0.1, -0.05) is 0 Å². The summed E-state index contributed by atoms with van der Waals surface area (Å²) >= 11 is 0. The van der Waals surface area contributed by atoms with Crippen molar-refractivity contribution in [3.8, 4) is 34.3 Å². The highest BCUT2D eigenvalue weighted by molar-refractivity contribution is 5.89. The summed E-state index contributed by atoms with van der Waals surface area (Å²) < 4.78 is 12.8. The molecule has 1 saturated heterocycles. The first-order chi connectivity index (χ1) is 15.2. The van der Waals surface area contributed by atoms with E-state index >= 15 is 0 Å². The molecular weight excluding hydrogens is 396 g/mol. The lowest BCUT2D eigenvalue weighted by molar-refractivity contribution is 0.122. The summed E-state index contributed by atoms with van der Waals surface area (Å²) in [4.78, 5) is 20.9. The lowest BCUT2D eigenvalue weighted by Crippen LogP contribution is -2.37. The second-order valence-corrected chi connectivity index (χ2v) is 7.26. The number of phenols is 1. The fraction of sp³-hybridized carbons (Fsp3) is 0.273. The zero-order chi connectivity index (χ0) is 21.4. The Hall–Kier alpha value is -3.72. The molecule has 1 N–H and O–H groups in total. The van der Waals surface area contributed by atoms with Gasteiger partial charge in [0.1, 0.15) is 5.82 Å². The normalized spacial score (nSPS) is 14.2. The highest BCUT2D eigenvalue weighted by Gasteiger charge is 2.23. The molecule has 0 amide bonds. The van der Waals surface area contributed by atoms with Gasteiger partial charge < -0.3 is 24.0 Å². The molecule has 1 aromatic carbocycles. The van der Waals surface area contributed by atoms with Gasteiger partial charge in [-0.2, -0.15) is 0 Å². The Balaban J connectivity index is 1.73. The van der Waals surface area contributed by atoms with Crippen LogP contribution in [0.3, 0.4) is 0 Å². The van der Waals surface area contributed by atoms with Gasteiger partial charge in [-0.05, 0) is 30.3 Å². The predicted octanol–water partition coefficient (Wildman–Crippen LogP) is 2.64. The maximum atomic E-state index is 9.98. The van der Waals surface area contributed by atoms with Crippen LogP contribution in [0.1, 0.15) is 0 Å². The van der Waals surface area contributed by atoms with Gasteiger partial charge in [0.25, 0.3) is 0 Å². The molecule has 3 aromatic heterocycles. The summed E-state index contributed by atoms with van der Waals surface area (Å²) in [5.41, 5.74) is 3.17. The quantitative estimate of drug-likeness (QED) is 0.540. The van der Waals surface area contributed by atoms with Crippen molar-refractivity contribution < 1.29 is 14.6 Å². The number of methoxy groups -OCH3 is 1. The van der Waals surface area contributed by atoms with Crippen molar-refractivity contribution in [1.82, 2.24) is 24.5 Å².